The van der Waals surface area contributed by atoms with Crippen molar-refractivity contribution in [2.45, 2.75) is 52.2 Å². The molecular formula is C17H25BO5. The molecule has 1 aromatic rings. The van der Waals surface area contributed by atoms with Gasteiger partial charge < -0.3 is 18.8 Å². The highest BCUT2D eigenvalue weighted by Gasteiger charge is 2.52. The van der Waals surface area contributed by atoms with Crippen LogP contribution in [0.1, 0.15) is 51.4 Å². The quantitative estimate of drug-likeness (QED) is 0.616. The van der Waals surface area contributed by atoms with E-state index < -0.39 is 24.3 Å². The lowest BCUT2D eigenvalue weighted by atomic mass is 9.77. The van der Waals surface area contributed by atoms with Crippen molar-refractivity contribution in [3.8, 4) is 5.75 Å². The third-order valence-electron chi connectivity index (χ3n) is 4.40. The third-order valence-corrected chi connectivity index (χ3v) is 4.40. The molecule has 1 aliphatic rings. The van der Waals surface area contributed by atoms with E-state index >= 15 is 0 Å². The van der Waals surface area contributed by atoms with Gasteiger partial charge in [0.2, 0.25) is 0 Å². The summed E-state index contributed by atoms with van der Waals surface area (Å²) < 4.78 is 22.8. The van der Waals surface area contributed by atoms with E-state index in [2.05, 4.69) is 0 Å². The largest absolute Gasteiger partial charge is 0.498 e. The molecule has 5 nitrogen and oxygen atoms in total. The van der Waals surface area contributed by atoms with Gasteiger partial charge >= 0.3 is 13.1 Å². The van der Waals surface area contributed by atoms with Gasteiger partial charge in [-0.25, -0.2) is 4.79 Å². The summed E-state index contributed by atoms with van der Waals surface area (Å²) in [6.45, 7) is 10.6. The molecular weight excluding hydrogens is 295 g/mol. The Morgan fingerprint density at radius 1 is 1.17 bits per heavy atom. The summed E-state index contributed by atoms with van der Waals surface area (Å²) >= 11 is 0. The number of ether oxygens (including phenoxy) is 2. The van der Waals surface area contributed by atoms with E-state index in [1.807, 2.05) is 34.6 Å². The van der Waals surface area contributed by atoms with E-state index in [1.165, 1.54) is 7.11 Å². The molecule has 0 aromatic heterocycles. The fourth-order valence-electron chi connectivity index (χ4n) is 2.29. The normalized spacial score (nSPS) is 18.8. The Morgan fingerprint density at radius 2 is 1.78 bits per heavy atom. The van der Waals surface area contributed by atoms with Gasteiger partial charge in [0.25, 0.3) is 0 Å². The van der Waals surface area contributed by atoms with Crippen molar-refractivity contribution >= 4 is 18.6 Å². The molecule has 1 aliphatic heterocycles. The molecule has 6 heteroatoms. The molecule has 0 saturated carbocycles. The molecule has 0 radical (unpaired) electrons. The first kappa shape index (κ1) is 17.8. The second-order valence-electron chi connectivity index (χ2n) is 6.68. The number of methoxy groups -OCH3 is 1. The van der Waals surface area contributed by atoms with Crippen molar-refractivity contribution in [2.24, 2.45) is 0 Å². The van der Waals surface area contributed by atoms with E-state index in [0.717, 1.165) is 6.42 Å². The highest BCUT2D eigenvalue weighted by atomic mass is 16.7. The first-order valence-corrected chi connectivity index (χ1v) is 7.92. The maximum atomic E-state index is 11.8. The summed E-state index contributed by atoms with van der Waals surface area (Å²) in [4.78, 5) is 11.8. The maximum Gasteiger partial charge on any atom is 0.498 e. The van der Waals surface area contributed by atoms with Crippen LogP contribution in [0, 0.1) is 0 Å². The summed E-state index contributed by atoms with van der Waals surface area (Å²) in [6.07, 6.45) is 0.890. The molecule has 0 unspecified atom stereocenters. The van der Waals surface area contributed by atoms with Gasteiger partial charge in [-0.1, -0.05) is 6.92 Å². The van der Waals surface area contributed by atoms with Crippen LogP contribution in [0.3, 0.4) is 0 Å². The van der Waals surface area contributed by atoms with Gasteiger partial charge in [-0.3, -0.25) is 0 Å². The van der Waals surface area contributed by atoms with E-state index in [-0.39, 0.29) is 0 Å². The molecule has 0 amide bonds. The van der Waals surface area contributed by atoms with Crippen LogP contribution in [0.25, 0.3) is 0 Å². The predicted molar refractivity (Wildman–Crippen MR) is 89.3 cm³/mol. The number of carbonyl (C=O) groups excluding carboxylic acids is 1. The Hall–Kier alpha value is -1.53. The van der Waals surface area contributed by atoms with Gasteiger partial charge in [0, 0.05) is 5.46 Å². The summed E-state index contributed by atoms with van der Waals surface area (Å²) in [5, 5.41) is 0. The maximum absolute atomic E-state index is 11.8. The molecule has 23 heavy (non-hydrogen) atoms. The van der Waals surface area contributed by atoms with Crippen molar-refractivity contribution in [3.63, 3.8) is 0 Å². The van der Waals surface area contributed by atoms with Crippen molar-refractivity contribution < 1.29 is 23.6 Å². The first-order valence-electron chi connectivity index (χ1n) is 7.92. The zero-order valence-corrected chi connectivity index (χ0v) is 14.8. The summed E-state index contributed by atoms with van der Waals surface area (Å²) in [5.41, 5.74) is 0.239. The Morgan fingerprint density at radius 3 is 2.30 bits per heavy atom. The minimum atomic E-state index is -0.587. The van der Waals surface area contributed by atoms with Gasteiger partial charge in [-0.2, -0.15) is 0 Å². The molecule has 1 fully saturated rings. The van der Waals surface area contributed by atoms with Crippen LogP contribution in [0.15, 0.2) is 18.2 Å². The molecule has 0 spiro atoms. The molecule has 1 heterocycles. The van der Waals surface area contributed by atoms with Crippen LogP contribution in [0.2, 0.25) is 0 Å². The summed E-state index contributed by atoms with van der Waals surface area (Å²) in [7, 11) is 0.773. The van der Waals surface area contributed by atoms with E-state index in [0.29, 0.717) is 23.4 Å². The average molecular weight is 320 g/mol. The minimum absolute atomic E-state index is 0.398. The van der Waals surface area contributed by atoms with E-state index in [4.69, 9.17) is 18.8 Å². The first-order chi connectivity index (χ1) is 10.7. The highest BCUT2D eigenvalue weighted by Crippen LogP contribution is 2.37. The van der Waals surface area contributed by atoms with Crippen molar-refractivity contribution in [1.29, 1.82) is 0 Å². The molecule has 0 atom stereocenters. The molecule has 0 aliphatic carbocycles. The Bertz CT molecular complexity index is 566. The van der Waals surface area contributed by atoms with Crippen LogP contribution < -0.4 is 10.2 Å². The molecule has 2 rings (SSSR count). The predicted octanol–water partition coefficient (Wildman–Crippen LogP) is 2.56. The molecule has 0 N–H and O–H groups in total. The van der Waals surface area contributed by atoms with Crippen LogP contribution in [0.5, 0.6) is 5.75 Å². The summed E-state index contributed by atoms with van der Waals surface area (Å²) in [5.74, 6) is 0.266. The number of carbonyl (C=O) groups is 1. The van der Waals surface area contributed by atoms with Crippen LogP contribution in [0.4, 0.5) is 0 Å². The smallest absolute Gasteiger partial charge is 0.494 e. The van der Waals surface area contributed by atoms with Gasteiger partial charge in [0.1, 0.15) is 5.75 Å². The van der Waals surface area contributed by atoms with Gasteiger partial charge in [0.15, 0.2) is 0 Å². The summed E-state index contributed by atoms with van der Waals surface area (Å²) in [6, 6.07) is 5.17. The Labute approximate surface area is 138 Å². The molecule has 1 saturated heterocycles. The number of hydrogen-bond donors (Lipinski definition) is 0. The fourth-order valence-corrected chi connectivity index (χ4v) is 2.29. The molecule has 0 bridgehead atoms. The average Bonchev–Trinajstić information content (AvgIpc) is 2.72. The number of benzene rings is 1. The minimum Gasteiger partial charge on any atom is -0.494 e. The lowest BCUT2D eigenvalue weighted by Crippen LogP contribution is -2.41. The van der Waals surface area contributed by atoms with Gasteiger partial charge in [0.05, 0.1) is 30.5 Å². The van der Waals surface area contributed by atoms with Gasteiger partial charge in [-0.15, -0.1) is 0 Å². The zero-order valence-electron chi connectivity index (χ0n) is 14.8. The highest BCUT2D eigenvalue weighted by molar-refractivity contribution is 6.63. The van der Waals surface area contributed by atoms with Crippen molar-refractivity contribution in [2.75, 3.05) is 13.7 Å². The SMILES string of the molecule is CCCOc1ccc(C(=O)OC)cc1B1OC(C)(C)C(C)(C)O1. The third kappa shape index (κ3) is 3.53. The second kappa shape index (κ2) is 6.53. The lowest BCUT2D eigenvalue weighted by Gasteiger charge is -2.32. The van der Waals surface area contributed by atoms with Crippen molar-refractivity contribution in [1.82, 2.24) is 0 Å². The van der Waals surface area contributed by atoms with E-state index in [9.17, 15) is 4.79 Å². The number of rotatable bonds is 5. The fraction of sp³-hybridized carbons (Fsp3) is 0.588. The monoisotopic (exact) mass is 320 g/mol. The van der Waals surface area contributed by atoms with E-state index in [1.54, 1.807) is 18.2 Å². The molecule has 126 valence electrons. The lowest BCUT2D eigenvalue weighted by molar-refractivity contribution is 0.00578. The number of esters is 1. The second-order valence-corrected chi connectivity index (χ2v) is 6.68. The standard InChI is InChI=1S/C17H25BO5/c1-7-10-21-14-9-8-12(15(19)20-6)11-13(14)18-22-16(2,3)17(4,5)23-18/h8-9,11H,7,10H2,1-6H3. The van der Waals surface area contributed by atoms with Crippen LogP contribution in [-0.2, 0) is 14.0 Å². The topological polar surface area (TPSA) is 54.0 Å². The molecule has 1 aromatic carbocycles. The van der Waals surface area contributed by atoms with Crippen LogP contribution >= 0.6 is 0 Å². The van der Waals surface area contributed by atoms with Gasteiger partial charge in [-0.05, 0) is 52.3 Å². The Kier molecular flexibility index (Phi) is 5.06. The number of hydrogen-bond acceptors (Lipinski definition) is 5. The zero-order chi connectivity index (χ0) is 17.3. The Balaban J connectivity index is 2.39. The van der Waals surface area contributed by atoms with Crippen LogP contribution in [-0.4, -0.2) is 38.0 Å². The van der Waals surface area contributed by atoms with Crippen molar-refractivity contribution in [3.05, 3.63) is 23.8 Å².